The molecule has 0 aromatic carbocycles. The minimum Gasteiger partial charge on any atom is -0.356 e. The third kappa shape index (κ3) is 7.24. The van der Waals surface area contributed by atoms with E-state index in [-0.39, 0.29) is 29.4 Å². The fraction of sp³-hybridized carbons (Fsp3) is 0.600. The van der Waals surface area contributed by atoms with Gasteiger partial charge >= 0.3 is 6.18 Å². The Kier molecular flexibility index (Phi) is 8.45. The summed E-state index contributed by atoms with van der Waals surface area (Å²) < 4.78 is 42.8. The van der Waals surface area contributed by atoms with Gasteiger partial charge < -0.3 is 15.2 Å². The van der Waals surface area contributed by atoms with Crippen LogP contribution in [0.3, 0.4) is 0 Å². The predicted molar refractivity (Wildman–Crippen MR) is 107 cm³/mol. The van der Waals surface area contributed by atoms with E-state index in [2.05, 4.69) is 30.8 Å². The van der Waals surface area contributed by atoms with Gasteiger partial charge in [-0.2, -0.15) is 18.2 Å². The van der Waals surface area contributed by atoms with Gasteiger partial charge in [0.05, 0.1) is 11.6 Å². The van der Waals surface area contributed by atoms with Crippen molar-refractivity contribution in [3.8, 4) is 0 Å². The van der Waals surface area contributed by atoms with Crippen molar-refractivity contribution < 1.29 is 17.7 Å². The van der Waals surface area contributed by atoms with Crippen LogP contribution in [0.25, 0.3) is 0 Å². The smallest absolute Gasteiger partial charge is 0.356 e. The van der Waals surface area contributed by atoms with Gasteiger partial charge in [0.1, 0.15) is 0 Å². The highest BCUT2D eigenvalue weighted by atomic mass is 127. The molecule has 2 aromatic rings. The Hall–Kier alpha value is -1.44. The van der Waals surface area contributed by atoms with Crippen molar-refractivity contribution in [1.29, 1.82) is 0 Å². The highest BCUT2D eigenvalue weighted by Crippen LogP contribution is 2.30. The van der Waals surface area contributed by atoms with Crippen LogP contribution in [0.5, 0.6) is 0 Å². The quantitative estimate of drug-likeness (QED) is 0.359. The molecule has 0 aliphatic rings. The topological polar surface area (TPSA) is 88.2 Å². The molecule has 0 saturated carbocycles. The van der Waals surface area contributed by atoms with Crippen LogP contribution in [0.15, 0.2) is 14.9 Å². The molecule has 12 heteroatoms. The fourth-order valence-corrected chi connectivity index (χ4v) is 2.66. The lowest BCUT2D eigenvalue weighted by atomic mass is 9.97. The number of nitrogens with one attached hydrogen (secondary N) is 2. The van der Waals surface area contributed by atoms with Crippen molar-refractivity contribution in [1.82, 2.24) is 25.8 Å². The molecule has 2 heterocycles. The van der Waals surface area contributed by atoms with Gasteiger partial charge in [-0.1, -0.05) is 25.9 Å². The van der Waals surface area contributed by atoms with E-state index in [0.29, 0.717) is 42.2 Å². The summed E-state index contributed by atoms with van der Waals surface area (Å²) in [4.78, 5) is 11.9. The Balaban J connectivity index is 0.00000364. The number of halogens is 4. The molecule has 0 bridgehead atoms. The molecule has 27 heavy (non-hydrogen) atoms. The molecule has 0 aliphatic heterocycles. The zero-order chi connectivity index (χ0) is 19.4. The molecule has 0 radical (unpaired) electrons. The number of thiazole rings is 1. The van der Waals surface area contributed by atoms with Gasteiger partial charge in [0.15, 0.2) is 17.5 Å². The van der Waals surface area contributed by atoms with Crippen molar-refractivity contribution in [3.05, 3.63) is 27.8 Å². The van der Waals surface area contributed by atoms with E-state index >= 15 is 0 Å². The number of alkyl halides is 3. The third-order valence-corrected chi connectivity index (χ3v) is 4.13. The molecule has 0 fully saturated rings. The molecule has 2 aromatic heterocycles. The van der Waals surface area contributed by atoms with E-state index < -0.39 is 11.9 Å². The van der Waals surface area contributed by atoms with Crippen molar-refractivity contribution in [2.45, 2.75) is 45.3 Å². The van der Waals surface area contributed by atoms with E-state index in [4.69, 9.17) is 4.52 Å². The molecule has 0 saturated heterocycles. The van der Waals surface area contributed by atoms with Crippen LogP contribution in [0.4, 0.5) is 13.2 Å². The molecule has 0 spiro atoms. The predicted octanol–water partition coefficient (Wildman–Crippen LogP) is 3.37. The zero-order valence-corrected chi connectivity index (χ0v) is 18.5. The van der Waals surface area contributed by atoms with Gasteiger partial charge in [-0.05, 0) is 0 Å². The lowest BCUT2D eigenvalue weighted by Gasteiger charge is -2.11. The van der Waals surface area contributed by atoms with Gasteiger partial charge in [0.25, 0.3) is 0 Å². The Morgan fingerprint density at radius 3 is 2.44 bits per heavy atom. The van der Waals surface area contributed by atoms with Crippen molar-refractivity contribution >= 4 is 41.3 Å². The second-order valence-electron chi connectivity index (χ2n) is 6.49. The summed E-state index contributed by atoms with van der Waals surface area (Å²) in [7, 11) is 1.59. The number of hydrogen-bond acceptors (Lipinski definition) is 6. The highest BCUT2D eigenvalue weighted by molar-refractivity contribution is 14.0. The SMILES string of the molecule is CN=C(NCCc1nc(C(F)(F)F)cs1)NCc1noc(C(C)(C)C)n1.I. The van der Waals surface area contributed by atoms with Crippen LogP contribution in [0.1, 0.15) is 43.2 Å². The van der Waals surface area contributed by atoms with E-state index in [1.165, 1.54) is 0 Å². The van der Waals surface area contributed by atoms with Gasteiger partial charge in [0.2, 0.25) is 5.89 Å². The van der Waals surface area contributed by atoms with Crippen LogP contribution in [-0.4, -0.2) is 34.7 Å². The number of hydrogen-bond donors (Lipinski definition) is 2. The van der Waals surface area contributed by atoms with Crippen LogP contribution in [0, 0.1) is 0 Å². The Morgan fingerprint density at radius 2 is 1.93 bits per heavy atom. The van der Waals surface area contributed by atoms with Crippen LogP contribution >= 0.6 is 35.3 Å². The number of aliphatic imine (C=N–C) groups is 1. The van der Waals surface area contributed by atoms with Crippen molar-refractivity contribution in [2.75, 3.05) is 13.6 Å². The molecule has 7 nitrogen and oxygen atoms in total. The first-order chi connectivity index (χ1) is 12.1. The second-order valence-corrected chi connectivity index (χ2v) is 7.44. The first-order valence-electron chi connectivity index (χ1n) is 7.89. The Bertz CT molecular complexity index is 753. The number of aromatic nitrogens is 3. The molecule has 0 unspecified atom stereocenters. The second kappa shape index (κ2) is 9.66. The summed E-state index contributed by atoms with van der Waals surface area (Å²) >= 11 is 0.987. The minimum absolute atomic E-state index is 0. The first kappa shape index (κ1) is 23.6. The standard InChI is InChI=1S/C15H21F3N6OS.HI/c1-14(2,3)12-23-10(24-25-12)7-21-13(19-4)20-6-5-11-22-9(8-26-11)15(16,17)18;/h8H,5-7H2,1-4H3,(H2,19,20,21);1H. The van der Waals surface area contributed by atoms with E-state index in [0.717, 1.165) is 16.7 Å². The molecule has 152 valence electrons. The van der Waals surface area contributed by atoms with Gasteiger partial charge in [-0.25, -0.2) is 4.98 Å². The molecule has 0 amide bonds. The van der Waals surface area contributed by atoms with Crippen molar-refractivity contribution in [2.24, 2.45) is 4.99 Å². The van der Waals surface area contributed by atoms with Gasteiger partial charge in [0, 0.05) is 30.8 Å². The average Bonchev–Trinajstić information content (AvgIpc) is 3.18. The monoisotopic (exact) mass is 518 g/mol. The third-order valence-electron chi connectivity index (χ3n) is 3.22. The van der Waals surface area contributed by atoms with E-state index in [1.807, 2.05) is 20.8 Å². The minimum atomic E-state index is -4.41. The molecule has 0 atom stereocenters. The van der Waals surface area contributed by atoms with E-state index in [9.17, 15) is 13.2 Å². The maximum atomic E-state index is 12.5. The summed E-state index contributed by atoms with van der Waals surface area (Å²) in [6.07, 6.45) is -4.05. The zero-order valence-electron chi connectivity index (χ0n) is 15.3. The van der Waals surface area contributed by atoms with Crippen molar-refractivity contribution in [3.63, 3.8) is 0 Å². The van der Waals surface area contributed by atoms with Crippen LogP contribution in [0.2, 0.25) is 0 Å². The highest BCUT2D eigenvalue weighted by Gasteiger charge is 2.33. The summed E-state index contributed by atoms with van der Waals surface area (Å²) in [5, 5.41) is 11.4. The summed E-state index contributed by atoms with van der Waals surface area (Å²) in [5.41, 5.74) is -1.08. The molecular formula is C15H22F3IN6OS. The Labute approximate surface area is 176 Å². The fourth-order valence-electron chi connectivity index (χ4n) is 1.86. The normalized spacial score (nSPS) is 12.6. The Morgan fingerprint density at radius 1 is 1.22 bits per heavy atom. The average molecular weight is 518 g/mol. The number of rotatable bonds is 5. The molecular weight excluding hydrogens is 496 g/mol. The molecule has 2 rings (SSSR count). The molecule has 0 aliphatic carbocycles. The summed E-state index contributed by atoms with van der Waals surface area (Å²) in [5.74, 6) is 1.52. The van der Waals surface area contributed by atoms with Gasteiger partial charge in [-0.15, -0.1) is 35.3 Å². The summed E-state index contributed by atoms with van der Waals surface area (Å²) in [6.45, 7) is 6.63. The number of nitrogens with zero attached hydrogens (tertiary/aromatic N) is 4. The maximum absolute atomic E-state index is 12.5. The largest absolute Gasteiger partial charge is 0.434 e. The van der Waals surface area contributed by atoms with E-state index in [1.54, 1.807) is 7.05 Å². The lowest BCUT2D eigenvalue weighted by Crippen LogP contribution is -2.38. The van der Waals surface area contributed by atoms with Gasteiger partial charge in [-0.3, -0.25) is 4.99 Å². The van der Waals surface area contributed by atoms with Crippen LogP contribution < -0.4 is 10.6 Å². The number of guanidine groups is 1. The van der Waals surface area contributed by atoms with Crippen LogP contribution in [-0.2, 0) is 24.6 Å². The molecule has 2 N–H and O–H groups in total. The maximum Gasteiger partial charge on any atom is 0.434 e. The first-order valence-corrected chi connectivity index (χ1v) is 8.76. The summed E-state index contributed by atoms with van der Waals surface area (Å²) in [6, 6.07) is 0. The lowest BCUT2D eigenvalue weighted by molar-refractivity contribution is -0.140.